The smallest absolute Gasteiger partial charge is 0.252 e. The van der Waals surface area contributed by atoms with Gasteiger partial charge in [0, 0.05) is 15.8 Å². The molecule has 0 aliphatic heterocycles. The van der Waals surface area contributed by atoms with E-state index in [4.69, 9.17) is 5.73 Å². The van der Waals surface area contributed by atoms with Gasteiger partial charge in [0.1, 0.15) is 5.82 Å². The number of H-pyrrole nitrogens is 1. The number of aryl methyl sites for hydroxylation is 1. The molecule has 0 radical (unpaired) electrons. The van der Waals surface area contributed by atoms with Gasteiger partial charge in [0.05, 0.1) is 10.7 Å². The van der Waals surface area contributed by atoms with Crippen LogP contribution >= 0.6 is 23.1 Å². The van der Waals surface area contributed by atoms with Gasteiger partial charge in [-0.25, -0.2) is 4.98 Å². The monoisotopic (exact) mass is 362 g/mol. The Morgan fingerprint density at radius 2 is 2.21 bits per heavy atom. The van der Waals surface area contributed by atoms with Crippen LogP contribution in [0.3, 0.4) is 0 Å². The molecule has 2 aromatic heterocycles. The normalized spacial score (nSPS) is 11.4. The van der Waals surface area contributed by atoms with Crippen molar-refractivity contribution >= 4 is 39.0 Å². The molecule has 0 aromatic carbocycles. The van der Waals surface area contributed by atoms with Gasteiger partial charge in [0.2, 0.25) is 0 Å². The van der Waals surface area contributed by atoms with Crippen LogP contribution in [-0.4, -0.2) is 9.97 Å². The highest BCUT2D eigenvalue weighted by atomic mass is 32.2. The largest absolute Gasteiger partial charge is 0.394 e. The van der Waals surface area contributed by atoms with Crippen molar-refractivity contribution in [1.29, 1.82) is 0 Å². The van der Waals surface area contributed by atoms with Crippen LogP contribution in [0.25, 0.3) is 4.91 Å². The summed E-state index contributed by atoms with van der Waals surface area (Å²) >= 11 is 3.02. The van der Waals surface area contributed by atoms with Gasteiger partial charge in [-0.3, -0.25) is 4.79 Å². The predicted octanol–water partition coefficient (Wildman–Crippen LogP) is 4.58. The number of pyridine rings is 1. The van der Waals surface area contributed by atoms with Crippen molar-refractivity contribution in [2.75, 3.05) is 5.32 Å². The molecule has 0 aliphatic rings. The summed E-state index contributed by atoms with van der Waals surface area (Å²) in [6.07, 6.45) is 2.90. The Kier molecular flexibility index (Phi) is 6.28. The summed E-state index contributed by atoms with van der Waals surface area (Å²) in [4.78, 5) is 20.1. The molecule has 0 amide bonds. The van der Waals surface area contributed by atoms with E-state index in [-0.39, 0.29) is 5.56 Å². The maximum atomic E-state index is 11.7. The van der Waals surface area contributed by atoms with Gasteiger partial charge in [-0.05, 0) is 33.3 Å². The van der Waals surface area contributed by atoms with Gasteiger partial charge in [-0.1, -0.05) is 36.4 Å². The second-order valence-corrected chi connectivity index (χ2v) is 7.43. The Morgan fingerprint density at radius 1 is 1.46 bits per heavy atom. The number of anilines is 2. The van der Waals surface area contributed by atoms with Gasteiger partial charge >= 0.3 is 0 Å². The number of allylic oxidation sites excluding steroid dienone is 2. The Hall–Kier alpha value is -1.99. The van der Waals surface area contributed by atoms with Crippen molar-refractivity contribution in [3.63, 3.8) is 0 Å². The Morgan fingerprint density at radius 3 is 2.83 bits per heavy atom. The van der Waals surface area contributed by atoms with E-state index in [9.17, 15) is 4.79 Å². The van der Waals surface area contributed by atoms with E-state index in [1.165, 1.54) is 23.1 Å². The van der Waals surface area contributed by atoms with E-state index < -0.39 is 0 Å². The molecule has 0 unspecified atom stereocenters. The summed E-state index contributed by atoms with van der Waals surface area (Å²) in [6.45, 7) is 7.93. The van der Waals surface area contributed by atoms with Crippen molar-refractivity contribution < 1.29 is 0 Å². The molecule has 0 saturated heterocycles. The fourth-order valence-electron chi connectivity index (χ4n) is 1.94. The average Bonchev–Trinajstić information content (AvgIpc) is 2.97. The van der Waals surface area contributed by atoms with Crippen LogP contribution in [0.4, 0.5) is 10.9 Å². The van der Waals surface area contributed by atoms with Crippen molar-refractivity contribution in [2.24, 2.45) is 5.73 Å². The average molecular weight is 363 g/mol. The third kappa shape index (κ3) is 4.75. The van der Waals surface area contributed by atoms with E-state index in [1.807, 2.05) is 31.4 Å². The number of thioether (sulfide) groups is 1. The molecule has 0 spiro atoms. The summed E-state index contributed by atoms with van der Waals surface area (Å²) in [5.41, 5.74) is 8.66. The molecule has 0 saturated carbocycles. The van der Waals surface area contributed by atoms with Crippen LogP contribution in [-0.2, 0) is 0 Å². The zero-order chi connectivity index (χ0) is 17.7. The number of aromatic amines is 1. The van der Waals surface area contributed by atoms with E-state index >= 15 is 0 Å². The first kappa shape index (κ1) is 18.4. The van der Waals surface area contributed by atoms with Crippen molar-refractivity contribution in [2.45, 2.75) is 34.1 Å². The number of hydrogen-bond donors (Lipinski definition) is 3. The molecule has 2 heterocycles. The number of aromatic nitrogens is 2. The molecule has 4 N–H and O–H groups in total. The van der Waals surface area contributed by atoms with Crippen LogP contribution in [0.2, 0.25) is 0 Å². The Labute approximate surface area is 150 Å². The zero-order valence-corrected chi connectivity index (χ0v) is 15.9. The molecule has 7 heteroatoms. The van der Waals surface area contributed by atoms with Crippen LogP contribution < -0.4 is 16.6 Å². The number of rotatable bonds is 6. The number of hydrogen-bond acceptors (Lipinski definition) is 6. The van der Waals surface area contributed by atoms with Crippen molar-refractivity contribution in [3.8, 4) is 0 Å². The maximum absolute atomic E-state index is 11.7. The number of nitrogens with zero attached hydrogens (tertiary/aromatic N) is 1. The summed E-state index contributed by atoms with van der Waals surface area (Å²) in [6, 6.07) is 3.61. The Balaban J connectivity index is 2.21. The first-order valence-electron chi connectivity index (χ1n) is 7.64. The second-order valence-electron chi connectivity index (χ2n) is 5.49. The molecule has 2 aromatic rings. The topological polar surface area (TPSA) is 83.8 Å². The third-order valence-corrected chi connectivity index (χ3v) is 5.15. The minimum absolute atomic E-state index is 0.102. The molecule has 0 bridgehead atoms. The molecule has 128 valence electrons. The van der Waals surface area contributed by atoms with Crippen molar-refractivity contribution in [3.05, 3.63) is 55.8 Å². The second kappa shape index (κ2) is 8.21. The summed E-state index contributed by atoms with van der Waals surface area (Å²) in [5, 5.41) is 6.63. The molecule has 0 atom stereocenters. The van der Waals surface area contributed by atoms with Gasteiger partial charge in [0.25, 0.3) is 5.56 Å². The lowest BCUT2D eigenvalue weighted by molar-refractivity contribution is 1.17. The van der Waals surface area contributed by atoms with Gasteiger partial charge in [-0.15, -0.1) is 11.3 Å². The number of thiazole rings is 1. The zero-order valence-electron chi connectivity index (χ0n) is 14.3. The van der Waals surface area contributed by atoms with Crippen LogP contribution in [0, 0.1) is 6.92 Å². The standard InChI is InChI=1S/C17H22N4OS2/c1-5-6-13(18)24-15(10(2)3)12-9-23-17(19-12)21-14-8-7-11(4)16(22)20-14/h6-9H,5,18H2,1-4H3,(H2,19,20,21,22)/b13-6+. The van der Waals surface area contributed by atoms with Crippen LogP contribution in [0.15, 0.2) is 39.0 Å². The minimum atomic E-state index is -0.102. The van der Waals surface area contributed by atoms with E-state index in [2.05, 4.69) is 22.2 Å². The van der Waals surface area contributed by atoms with E-state index in [0.717, 1.165) is 32.8 Å². The maximum Gasteiger partial charge on any atom is 0.252 e. The quantitative estimate of drug-likeness (QED) is 0.700. The fourth-order valence-corrected chi connectivity index (χ4v) is 3.63. The Bertz CT molecular complexity index is 829. The minimum Gasteiger partial charge on any atom is -0.394 e. The van der Waals surface area contributed by atoms with Gasteiger partial charge in [-0.2, -0.15) is 0 Å². The highest BCUT2D eigenvalue weighted by Crippen LogP contribution is 2.36. The molecule has 5 nitrogen and oxygen atoms in total. The van der Waals surface area contributed by atoms with Gasteiger partial charge in [0.15, 0.2) is 5.13 Å². The van der Waals surface area contributed by atoms with Crippen LogP contribution in [0.1, 0.15) is 38.4 Å². The van der Waals surface area contributed by atoms with Crippen molar-refractivity contribution in [1.82, 2.24) is 9.97 Å². The fraction of sp³-hybridized carbons (Fsp3) is 0.294. The van der Waals surface area contributed by atoms with Crippen LogP contribution in [0.5, 0.6) is 0 Å². The lowest BCUT2D eigenvalue weighted by atomic mass is 10.3. The first-order valence-corrected chi connectivity index (χ1v) is 9.34. The lowest BCUT2D eigenvalue weighted by Crippen LogP contribution is -2.10. The van der Waals surface area contributed by atoms with E-state index in [0.29, 0.717) is 11.4 Å². The molecule has 24 heavy (non-hydrogen) atoms. The number of nitrogens with one attached hydrogen (secondary N) is 2. The highest BCUT2D eigenvalue weighted by molar-refractivity contribution is 8.11. The van der Waals surface area contributed by atoms with Gasteiger partial charge < -0.3 is 16.0 Å². The summed E-state index contributed by atoms with van der Waals surface area (Å²) in [5.74, 6) is 0.628. The molecular weight excluding hydrogens is 340 g/mol. The highest BCUT2D eigenvalue weighted by Gasteiger charge is 2.11. The molecule has 0 fully saturated rings. The lowest BCUT2D eigenvalue weighted by Gasteiger charge is -2.07. The molecule has 2 rings (SSSR count). The molecular formula is C17H22N4OS2. The predicted molar refractivity (Wildman–Crippen MR) is 106 cm³/mol. The first-order chi connectivity index (χ1) is 11.4. The third-order valence-electron chi connectivity index (χ3n) is 3.16. The van der Waals surface area contributed by atoms with E-state index in [1.54, 1.807) is 13.0 Å². The SMILES string of the molecule is CC/C=C(\N)SC(=C(C)C)c1csc(Nc2ccc(C)c(=O)[nH]2)n1. The summed E-state index contributed by atoms with van der Waals surface area (Å²) in [7, 11) is 0. The number of nitrogens with two attached hydrogens (primary N) is 1. The summed E-state index contributed by atoms with van der Waals surface area (Å²) < 4.78 is 0. The molecule has 0 aliphatic carbocycles.